The number of nitrogens with zero attached hydrogens (tertiary/aromatic N) is 3. The Balaban J connectivity index is 1.79. The molecule has 5 nitrogen and oxygen atoms in total. The Morgan fingerprint density at radius 2 is 1.44 bits per heavy atom. The Hall–Kier alpha value is -0.530. The molecular weight excluding hydrogens is 376 g/mol. The van der Waals surface area contributed by atoms with Crippen molar-refractivity contribution in [2.75, 3.05) is 11.5 Å². The summed E-state index contributed by atoms with van der Waals surface area (Å²) in [5.41, 5.74) is -0.981. The number of thioether (sulfide) groups is 2. The van der Waals surface area contributed by atoms with Gasteiger partial charge in [-0.15, -0.1) is 23.5 Å². The summed E-state index contributed by atoms with van der Waals surface area (Å²) >= 11 is 3.68. The average Bonchev–Trinajstić information content (AvgIpc) is 2.77. The van der Waals surface area contributed by atoms with Gasteiger partial charge < -0.3 is 4.90 Å². The number of nitrogens with one attached hydrogen (secondary N) is 1. The summed E-state index contributed by atoms with van der Waals surface area (Å²) < 4.78 is 0. The van der Waals surface area contributed by atoms with E-state index in [-0.39, 0.29) is 22.6 Å². The van der Waals surface area contributed by atoms with Crippen LogP contribution in [0.5, 0.6) is 0 Å². The van der Waals surface area contributed by atoms with E-state index in [0.717, 1.165) is 29.4 Å². The van der Waals surface area contributed by atoms with Crippen LogP contribution in [0.2, 0.25) is 0 Å². The molecule has 1 amide bonds. The molecule has 2 aliphatic heterocycles. The molecule has 27 heavy (non-hydrogen) atoms. The van der Waals surface area contributed by atoms with Crippen LogP contribution in [0, 0.1) is 0 Å². The normalized spacial score (nSPS) is 24.7. The molecule has 0 aromatic carbocycles. The van der Waals surface area contributed by atoms with Gasteiger partial charge in [0.05, 0.1) is 21.2 Å². The lowest BCUT2D eigenvalue weighted by Gasteiger charge is -2.38. The average molecular weight is 413 g/mol. The van der Waals surface area contributed by atoms with Gasteiger partial charge in [-0.1, -0.05) is 0 Å². The SMILES string of the molecule is CC(=O)N1C(C)(C)N=C(SCCCCSC2=NC(C)(C)NC2(C)C)C1(C)C. The second-order valence-corrected chi connectivity index (χ2v) is 11.6. The van der Waals surface area contributed by atoms with E-state index >= 15 is 0 Å². The molecule has 0 saturated heterocycles. The first-order valence-corrected chi connectivity index (χ1v) is 11.7. The maximum absolute atomic E-state index is 12.1. The van der Waals surface area contributed by atoms with Crippen LogP contribution in [0.4, 0.5) is 0 Å². The number of aliphatic imine (C=N–C) groups is 2. The highest BCUT2D eigenvalue weighted by Crippen LogP contribution is 2.39. The molecule has 0 spiro atoms. The van der Waals surface area contributed by atoms with Crippen molar-refractivity contribution in [3.63, 3.8) is 0 Å². The van der Waals surface area contributed by atoms with Crippen molar-refractivity contribution in [3.8, 4) is 0 Å². The molecule has 2 heterocycles. The molecule has 7 heteroatoms. The van der Waals surface area contributed by atoms with Crippen LogP contribution in [0.15, 0.2) is 9.98 Å². The van der Waals surface area contributed by atoms with Gasteiger partial charge in [0, 0.05) is 6.92 Å². The van der Waals surface area contributed by atoms with Crippen LogP contribution < -0.4 is 5.32 Å². The van der Waals surface area contributed by atoms with Gasteiger partial charge in [0.25, 0.3) is 0 Å². The molecule has 0 aromatic heterocycles. The highest BCUT2D eigenvalue weighted by Gasteiger charge is 2.48. The van der Waals surface area contributed by atoms with Gasteiger partial charge in [0.1, 0.15) is 11.3 Å². The minimum Gasteiger partial charge on any atom is -0.307 e. The topological polar surface area (TPSA) is 57.1 Å². The fourth-order valence-corrected chi connectivity index (χ4v) is 6.72. The van der Waals surface area contributed by atoms with Crippen molar-refractivity contribution in [2.24, 2.45) is 9.98 Å². The second kappa shape index (κ2) is 7.71. The van der Waals surface area contributed by atoms with Crippen molar-refractivity contribution >= 4 is 39.5 Å². The van der Waals surface area contributed by atoms with Gasteiger partial charge in [-0.3, -0.25) is 20.1 Å². The largest absolute Gasteiger partial charge is 0.307 e. The minimum absolute atomic E-state index is 0.0345. The van der Waals surface area contributed by atoms with E-state index < -0.39 is 5.66 Å². The lowest BCUT2D eigenvalue weighted by Crippen LogP contribution is -2.54. The summed E-state index contributed by atoms with van der Waals surface area (Å²) in [6.45, 7) is 18.5. The molecular formula is C20H36N4OS2. The zero-order chi connectivity index (χ0) is 20.7. The Labute approximate surface area is 173 Å². The van der Waals surface area contributed by atoms with E-state index in [9.17, 15) is 4.79 Å². The van der Waals surface area contributed by atoms with Crippen LogP contribution in [0.25, 0.3) is 0 Å². The van der Waals surface area contributed by atoms with Crippen molar-refractivity contribution in [2.45, 2.75) is 97.6 Å². The Kier molecular flexibility index (Phi) is 6.50. The highest BCUT2D eigenvalue weighted by atomic mass is 32.2. The minimum atomic E-state index is -0.459. The molecule has 0 bridgehead atoms. The lowest BCUT2D eigenvalue weighted by atomic mass is 10.0. The number of amides is 1. The number of rotatable bonds is 5. The molecule has 154 valence electrons. The van der Waals surface area contributed by atoms with Gasteiger partial charge in [-0.2, -0.15) is 0 Å². The number of hydrogen-bond acceptors (Lipinski definition) is 6. The van der Waals surface area contributed by atoms with E-state index in [2.05, 4.69) is 46.9 Å². The summed E-state index contributed by atoms with van der Waals surface area (Å²) in [5.74, 6) is 2.20. The fraction of sp³-hybridized carbons (Fsp3) is 0.850. The molecule has 0 aromatic rings. The molecule has 0 atom stereocenters. The van der Waals surface area contributed by atoms with E-state index in [1.807, 2.05) is 30.5 Å². The number of carbonyl (C=O) groups is 1. The predicted molar refractivity (Wildman–Crippen MR) is 121 cm³/mol. The van der Waals surface area contributed by atoms with Crippen molar-refractivity contribution < 1.29 is 4.79 Å². The lowest BCUT2D eigenvalue weighted by molar-refractivity contribution is -0.136. The zero-order valence-electron chi connectivity index (χ0n) is 18.4. The third kappa shape index (κ3) is 5.10. The van der Waals surface area contributed by atoms with Crippen molar-refractivity contribution in [3.05, 3.63) is 0 Å². The van der Waals surface area contributed by atoms with Crippen LogP contribution in [-0.2, 0) is 4.79 Å². The molecule has 0 unspecified atom stereocenters. The highest BCUT2D eigenvalue weighted by molar-refractivity contribution is 8.14. The van der Waals surface area contributed by atoms with Gasteiger partial charge in [-0.05, 0) is 79.7 Å². The summed E-state index contributed by atoms with van der Waals surface area (Å²) in [4.78, 5) is 23.6. The number of hydrogen-bond donors (Lipinski definition) is 1. The summed E-state index contributed by atoms with van der Waals surface area (Å²) in [5, 5.41) is 5.84. The van der Waals surface area contributed by atoms with Crippen LogP contribution in [-0.4, -0.2) is 54.8 Å². The smallest absolute Gasteiger partial charge is 0.222 e. The van der Waals surface area contributed by atoms with Crippen LogP contribution in [0.3, 0.4) is 0 Å². The van der Waals surface area contributed by atoms with E-state index in [0.29, 0.717) is 0 Å². The molecule has 2 aliphatic rings. The Bertz CT molecular complexity index is 650. The standard InChI is InChI=1S/C20H36N4OS2/c1-14(25)24-18(4,5)16(22-20(24,8)9)27-13-11-10-12-26-15-17(2,3)23-19(6,7)21-15/h23H,10-13H2,1-9H3. The Morgan fingerprint density at radius 3 is 1.85 bits per heavy atom. The van der Waals surface area contributed by atoms with Gasteiger partial charge in [0.2, 0.25) is 5.91 Å². The maximum atomic E-state index is 12.1. The van der Waals surface area contributed by atoms with Crippen LogP contribution >= 0.6 is 23.5 Å². The van der Waals surface area contributed by atoms with Crippen LogP contribution in [0.1, 0.15) is 75.2 Å². The van der Waals surface area contributed by atoms with Gasteiger partial charge >= 0.3 is 0 Å². The summed E-state index contributed by atoms with van der Waals surface area (Å²) in [6.07, 6.45) is 2.29. The number of unbranched alkanes of at least 4 members (excludes halogenated alkanes) is 1. The van der Waals surface area contributed by atoms with Gasteiger partial charge in [-0.25, -0.2) is 0 Å². The first-order chi connectivity index (χ1) is 12.2. The monoisotopic (exact) mass is 412 g/mol. The predicted octanol–water partition coefficient (Wildman–Crippen LogP) is 4.52. The zero-order valence-corrected chi connectivity index (χ0v) is 20.0. The maximum Gasteiger partial charge on any atom is 0.222 e. The van der Waals surface area contributed by atoms with E-state index in [4.69, 9.17) is 9.98 Å². The summed E-state index contributed by atoms with van der Waals surface area (Å²) in [7, 11) is 0. The molecule has 2 rings (SSSR count). The quantitative estimate of drug-likeness (QED) is 0.674. The fourth-order valence-electron chi connectivity index (χ4n) is 4.20. The third-order valence-electron chi connectivity index (χ3n) is 4.87. The molecule has 0 aliphatic carbocycles. The van der Waals surface area contributed by atoms with E-state index in [1.54, 1.807) is 18.7 Å². The first-order valence-electron chi connectivity index (χ1n) is 9.75. The third-order valence-corrected chi connectivity index (χ3v) is 7.59. The molecule has 0 radical (unpaired) electrons. The van der Waals surface area contributed by atoms with Gasteiger partial charge in [0.15, 0.2) is 0 Å². The van der Waals surface area contributed by atoms with Crippen molar-refractivity contribution in [1.29, 1.82) is 0 Å². The second-order valence-electron chi connectivity index (χ2n) is 9.45. The first kappa shape index (κ1) is 22.8. The molecule has 0 saturated carbocycles. The molecule has 0 fully saturated rings. The van der Waals surface area contributed by atoms with Crippen molar-refractivity contribution in [1.82, 2.24) is 10.2 Å². The Morgan fingerprint density at radius 1 is 0.926 bits per heavy atom. The van der Waals surface area contributed by atoms with E-state index in [1.165, 1.54) is 5.04 Å². The summed E-state index contributed by atoms with van der Waals surface area (Å²) in [6, 6.07) is 0. The number of carbonyl (C=O) groups excluding carboxylic acids is 1. The molecule has 1 N–H and O–H groups in total.